The minimum atomic E-state index is -1.20. The van der Waals surface area contributed by atoms with Gasteiger partial charge in [0.05, 0.1) is 6.61 Å². The molecule has 1 unspecified atom stereocenters. The van der Waals surface area contributed by atoms with Crippen molar-refractivity contribution in [1.29, 1.82) is 0 Å². The molecule has 0 aliphatic heterocycles. The summed E-state index contributed by atoms with van der Waals surface area (Å²) in [6.45, 7) is 4.47. The van der Waals surface area contributed by atoms with E-state index in [9.17, 15) is 14.7 Å². The molecule has 0 fully saturated rings. The van der Waals surface area contributed by atoms with Crippen LogP contribution in [0.1, 0.15) is 33.1 Å². The second kappa shape index (κ2) is 12.0. The molecule has 0 aliphatic carbocycles. The first-order chi connectivity index (χ1) is 9.52. The van der Waals surface area contributed by atoms with Crippen molar-refractivity contribution in [1.82, 2.24) is 5.32 Å². The molecule has 0 aliphatic rings. The molecule has 4 N–H and O–H groups in total. The van der Waals surface area contributed by atoms with Crippen LogP contribution in [0.3, 0.4) is 0 Å². The minimum absolute atomic E-state index is 0.253. The zero-order valence-corrected chi connectivity index (χ0v) is 13.1. The van der Waals surface area contributed by atoms with Crippen LogP contribution in [0.2, 0.25) is 0 Å². The summed E-state index contributed by atoms with van der Waals surface area (Å²) in [5.74, 6) is 1.05. The van der Waals surface area contributed by atoms with Crippen LogP contribution in [0.4, 0.5) is 0 Å². The number of nitrogens with one attached hydrogen (secondary N) is 1. The SMILES string of the molecule is CCOC(=O)CCCNC(=O)C(O)[C@H](N)CCSCC. The Morgan fingerprint density at radius 1 is 1.40 bits per heavy atom. The standard InChI is InChI=1S/C13H26N2O4S/c1-3-19-11(16)6-5-8-15-13(18)12(17)10(14)7-9-20-4-2/h10,12,17H,3-9,14H2,1-2H3,(H,15,18)/t10-,12?/m1/s1. The Kier molecular flexibility index (Phi) is 11.5. The maximum Gasteiger partial charge on any atom is 0.305 e. The smallest absolute Gasteiger partial charge is 0.305 e. The van der Waals surface area contributed by atoms with E-state index in [4.69, 9.17) is 10.5 Å². The highest BCUT2D eigenvalue weighted by Crippen LogP contribution is 2.05. The van der Waals surface area contributed by atoms with Gasteiger partial charge < -0.3 is 20.9 Å². The summed E-state index contributed by atoms with van der Waals surface area (Å²) in [5, 5.41) is 12.3. The molecule has 118 valence electrons. The summed E-state index contributed by atoms with van der Waals surface area (Å²) in [6.07, 6.45) is 0.132. The van der Waals surface area contributed by atoms with Crippen molar-refractivity contribution in [2.75, 3.05) is 24.7 Å². The Bertz CT molecular complexity index is 290. The monoisotopic (exact) mass is 306 g/mol. The minimum Gasteiger partial charge on any atom is -0.466 e. The Labute approximate surface area is 124 Å². The first kappa shape index (κ1) is 19.2. The molecule has 6 nitrogen and oxygen atoms in total. The summed E-state index contributed by atoms with van der Waals surface area (Å²) in [4.78, 5) is 22.7. The molecule has 0 aromatic carbocycles. The van der Waals surface area contributed by atoms with Crippen molar-refractivity contribution in [2.45, 2.75) is 45.3 Å². The number of hydrogen-bond donors (Lipinski definition) is 3. The van der Waals surface area contributed by atoms with Crippen LogP contribution in [0.5, 0.6) is 0 Å². The van der Waals surface area contributed by atoms with Crippen LogP contribution >= 0.6 is 11.8 Å². The maximum absolute atomic E-state index is 11.6. The number of rotatable bonds is 11. The average Bonchev–Trinajstić information content (AvgIpc) is 2.43. The van der Waals surface area contributed by atoms with Crippen molar-refractivity contribution in [3.05, 3.63) is 0 Å². The van der Waals surface area contributed by atoms with E-state index in [1.54, 1.807) is 18.7 Å². The van der Waals surface area contributed by atoms with Gasteiger partial charge >= 0.3 is 5.97 Å². The molecule has 0 saturated heterocycles. The predicted molar refractivity (Wildman–Crippen MR) is 80.5 cm³/mol. The molecule has 0 saturated carbocycles. The zero-order valence-electron chi connectivity index (χ0n) is 12.3. The van der Waals surface area contributed by atoms with Crippen LogP contribution in [-0.4, -0.2) is 53.8 Å². The van der Waals surface area contributed by atoms with Crippen LogP contribution < -0.4 is 11.1 Å². The fourth-order valence-electron chi connectivity index (χ4n) is 1.50. The van der Waals surface area contributed by atoms with E-state index in [-0.39, 0.29) is 12.4 Å². The van der Waals surface area contributed by atoms with Gasteiger partial charge in [-0.25, -0.2) is 0 Å². The third-order valence-electron chi connectivity index (χ3n) is 2.64. The van der Waals surface area contributed by atoms with E-state index >= 15 is 0 Å². The number of amides is 1. The van der Waals surface area contributed by atoms with Crippen LogP contribution in [0.15, 0.2) is 0 Å². The molecule has 0 aromatic heterocycles. The van der Waals surface area contributed by atoms with Gasteiger partial charge in [-0.2, -0.15) is 11.8 Å². The molecule has 0 rings (SSSR count). The quantitative estimate of drug-likeness (QED) is 0.374. The zero-order chi connectivity index (χ0) is 15.4. The van der Waals surface area contributed by atoms with Gasteiger partial charge in [0, 0.05) is 19.0 Å². The summed E-state index contributed by atoms with van der Waals surface area (Å²) < 4.78 is 4.77. The van der Waals surface area contributed by atoms with E-state index in [1.165, 1.54) is 0 Å². The first-order valence-electron chi connectivity index (χ1n) is 6.97. The fourth-order valence-corrected chi connectivity index (χ4v) is 2.23. The molecule has 0 spiro atoms. The Hall–Kier alpha value is -0.790. The van der Waals surface area contributed by atoms with E-state index in [0.717, 1.165) is 11.5 Å². The second-order valence-electron chi connectivity index (χ2n) is 4.29. The number of carbonyl (C=O) groups excluding carboxylic acids is 2. The maximum atomic E-state index is 11.6. The van der Waals surface area contributed by atoms with Gasteiger partial charge in [0.1, 0.15) is 6.10 Å². The summed E-state index contributed by atoms with van der Waals surface area (Å²) in [5.41, 5.74) is 5.75. The van der Waals surface area contributed by atoms with Crippen LogP contribution in [-0.2, 0) is 14.3 Å². The number of ether oxygens (including phenoxy) is 1. The Morgan fingerprint density at radius 3 is 2.70 bits per heavy atom. The van der Waals surface area contributed by atoms with Crippen molar-refractivity contribution in [3.8, 4) is 0 Å². The van der Waals surface area contributed by atoms with Gasteiger partial charge in [0.2, 0.25) is 5.91 Å². The summed E-state index contributed by atoms with van der Waals surface area (Å²) in [6, 6.07) is -0.556. The normalized spacial score (nSPS) is 13.6. The number of esters is 1. The Balaban J connectivity index is 3.76. The molecule has 0 heterocycles. The number of aliphatic hydroxyl groups is 1. The molecular formula is C13H26N2O4S. The number of thioether (sulfide) groups is 1. The lowest BCUT2D eigenvalue weighted by Gasteiger charge is -2.18. The van der Waals surface area contributed by atoms with Crippen LogP contribution in [0.25, 0.3) is 0 Å². The third kappa shape index (κ3) is 9.17. The fraction of sp³-hybridized carbons (Fsp3) is 0.846. The average molecular weight is 306 g/mol. The molecule has 2 atom stereocenters. The van der Waals surface area contributed by atoms with E-state index in [2.05, 4.69) is 5.32 Å². The molecule has 0 bridgehead atoms. The number of nitrogens with two attached hydrogens (primary N) is 1. The van der Waals surface area contributed by atoms with Crippen molar-refractivity contribution in [3.63, 3.8) is 0 Å². The van der Waals surface area contributed by atoms with Crippen molar-refractivity contribution < 1.29 is 19.4 Å². The van der Waals surface area contributed by atoms with Gasteiger partial charge in [-0.15, -0.1) is 0 Å². The molecule has 20 heavy (non-hydrogen) atoms. The molecule has 0 radical (unpaired) electrons. The molecule has 7 heteroatoms. The number of aliphatic hydroxyl groups excluding tert-OH is 1. The van der Waals surface area contributed by atoms with Gasteiger partial charge in [-0.05, 0) is 31.3 Å². The van der Waals surface area contributed by atoms with Gasteiger partial charge in [-0.3, -0.25) is 9.59 Å². The lowest BCUT2D eigenvalue weighted by atomic mass is 10.1. The topological polar surface area (TPSA) is 102 Å². The van der Waals surface area contributed by atoms with Crippen molar-refractivity contribution >= 4 is 23.6 Å². The van der Waals surface area contributed by atoms with E-state index in [1.807, 2.05) is 6.92 Å². The predicted octanol–water partition coefficient (Wildman–Crippen LogP) is 0.277. The van der Waals surface area contributed by atoms with E-state index in [0.29, 0.717) is 26.0 Å². The second-order valence-corrected chi connectivity index (χ2v) is 5.69. The van der Waals surface area contributed by atoms with Gasteiger partial charge in [0.15, 0.2) is 0 Å². The van der Waals surface area contributed by atoms with Crippen molar-refractivity contribution in [2.24, 2.45) is 5.73 Å². The first-order valence-corrected chi connectivity index (χ1v) is 8.13. The lowest BCUT2D eigenvalue weighted by Crippen LogP contribution is -2.46. The largest absolute Gasteiger partial charge is 0.466 e. The highest BCUT2D eigenvalue weighted by Gasteiger charge is 2.22. The molecular weight excluding hydrogens is 280 g/mol. The summed E-state index contributed by atoms with van der Waals surface area (Å²) in [7, 11) is 0. The van der Waals surface area contributed by atoms with Gasteiger partial charge in [-0.1, -0.05) is 6.92 Å². The number of carbonyl (C=O) groups is 2. The highest BCUT2D eigenvalue weighted by molar-refractivity contribution is 7.99. The summed E-state index contributed by atoms with van der Waals surface area (Å²) >= 11 is 1.72. The highest BCUT2D eigenvalue weighted by atomic mass is 32.2. The van der Waals surface area contributed by atoms with Crippen LogP contribution in [0, 0.1) is 0 Å². The Morgan fingerprint density at radius 2 is 2.10 bits per heavy atom. The number of hydrogen-bond acceptors (Lipinski definition) is 6. The molecule has 1 amide bonds. The van der Waals surface area contributed by atoms with Gasteiger partial charge in [0.25, 0.3) is 0 Å². The van der Waals surface area contributed by atoms with E-state index < -0.39 is 18.1 Å². The third-order valence-corrected chi connectivity index (χ3v) is 3.57. The lowest BCUT2D eigenvalue weighted by molar-refractivity contribution is -0.143. The molecule has 0 aromatic rings.